The largest absolute Gasteiger partial charge is 0.466 e. The van der Waals surface area contributed by atoms with Gasteiger partial charge in [-0.3, -0.25) is 14.4 Å². The van der Waals surface area contributed by atoms with Crippen molar-refractivity contribution in [2.75, 3.05) is 19.8 Å². The first-order chi connectivity index (χ1) is 17.8. The summed E-state index contributed by atoms with van der Waals surface area (Å²) in [6.45, 7) is 8.00. The number of hydrogen-bond acceptors (Lipinski definition) is 8. The number of esters is 4. The Morgan fingerprint density at radius 1 is 0.514 bits per heavy atom. The third-order valence-corrected chi connectivity index (χ3v) is 6.07. The fourth-order valence-corrected chi connectivity index (χ4v) is 3.95. The van der Waals surface area contributed by atoms with Crippen molar-refractivity contribution >= 4 is 23.9 Å². The summed E-state index contributed by atoms with van der Waals surface area (Å²) in [5, 5.41) is 0. The summed E-state index contributed by atoms with van der Waals surface area (Å²) in [5.41, 5.74) is -2.10. The molecule has 0 amide bonds. The normalized spacial score (nSPS) is 11.1. The van der Waals surface area contributed by atoms with Crippen LogP contribution in [0.2, 0.25) is 0 Å². The maximum absolute atomic E-state index is 13.1. The summed E-state index contributed by atoms with van der Waals surface area (Å²) in [6, 6.07) is 0. The smallest absolute Gasteiger partial charge is 0.351 e. The van der Waals surface area contributed by atoms with Crippen LogP contribution in [0.1, 0.15) is 137 Å². The SMILES string of the molecule is CCCCCCCOC(=O)CC(CC(=O)OCCCCCCC)(OC(C)=O)C(=O)OCCCCCCC. The molecule has 0 atom stereocenters. The highest BCUT2D eigenvalue weighted by molar-refractivity contribution is 5.92. The second-order valence-corrected chi connectivity index (χ2v) is 9.76. The molecule has 8 nitrogen and oxygen atoms in total. The predicted molar refractivity (Wildman–Crippen MR) is 143 cm³/mol. The minimum absolute atomic E-state index is 0.116. The molecule has 0 aromatic heterocycles. The van der Waals surface area contributed by atoms with Crippen LogP contribution in [-0.4, -0.2) is 49.3 Å². The second-order valence-electron chi connectivity index (χ2n) is 9.76. The molecule has 0 spiro atoms. The zero-order valence-corrected chi connectivity index (χ0v) is 23.9. The zero-order chi connectivity index (χ0) is 27.8. The van der Waals surface area contributed by atoms with Crippen molar-refractivity contribution in [3.05, 3.63) is 0 Å². The topological polar surface area (TPSA) is 105 Å². The summed E-state index contributed by atoms with van der Waals surface area (Å²) in [6.07, 6.45) is 13.4. The van der Waals surface area contributed by atoms with Gasteiger partial charge in [-0.2, -0.15) is 0 Å². The Balaban J connectivity index is 5.21. The van der Waals surface area contributed by atoms with E-state index in [1.165, 1.54) is 0 Å². The minimum Gasteiger partial charge on any atom is -0.466 e. The van der Waals surface area contributed by atoms with Crippen LogP contribution in [0.4, 0.5) is 0 Å². The Morgan fingerprint density at radius 2 is 0.865 bits per heavy atom. The van der Waals surface area contributed by atoms with Crippen LogP contribution < -0.4 is 0 Å². The van der Waals surface area contributed by atoms with E-state index in [1.807, 2.05) is 0 Å². The van der Waals surface area contributed by atoms with E-state index in [4.69, 9.17) is 18.9 Å². The molecule has 0 aliphatic carbocycles. The van der Waals surface area contributed by atoms with E-state index in [0.29, 0.717) is 19.3 Å². The van der Waals surface area contributed by atoms with Gasteiger partial charge in [-0.1, -0.05) is 97.8 Å². The van der Waals surface area contributed by atoms with Gasteiger partial charge in [0.1, 0.15) is 0 Å². The highest BCUT2D eigenvalue weighted by Crippen LogP contribution is 2.26. The first-order valence-electron chi connectivity index (χ1n) is 14.5. The Bertz CT molecular complexity index is 601. The maximum atomic E-state index is 13.1. The van der Waals surface area contributed by atoms with Crippen molar-refractivity contribution in [3.63, 3.8) is 0 Å². The van der Waals surface area contributed by atoms with E-state index in [0.717, 1.165) is 84.0 Å². The molecule has 0 saturated heterocycles. The average Bonchev–Trinajstić information content (AvgIpc) is 2.84. The Morgan fingerprint density at radius 3 is 1.22 bits per heavy atom. The van der Waals surface area contributed by atoms with Crippen LogP contribution >= 0.6 is 0 Å². The number of rotatable bonds is 24. The van der Waals surface area contributed by atoms with Crippen LogP contribution in [0.5, 0.6) is 0 Å². The standard InChI is InChI=1S/C29H52O8/c1-5-8-11-14-17-20-34-26(31)23-29(37-25(4)30,28(33)36-22-19-16-13-10-7-3)24-27(32)35-21-18-15-12-9-6-2/h5-24H2,1-4H3. The summed E-state index contributed by atoms with van der Waals surface area (Å²) >= 11 is 0. The molecule has 0 unspecified atom stereocenters. The molecule has 216 valence electrons. The van der Waals surface area contributed by atoms with Crippen LogP contribution in [0.25, 0.3) is 0 Å². The minimum atomic E-state index is -2.10. The van der Waals surface area contributed by atoms with Gasteiger partial charge in [-0.15, -0.1) is 0 Å². The van der Waals surface area contributed by atoms with E-state index in [-0.39, 0.29) is 19.8 Å². The van der Waals surface area contributed by atoms with Gasteiger partial charge in [0.15, 0.2) is 0 Å². The molecule has 0 aliphatic rings. The highest BCUT2D eigenvalue weighted by Gasteiger charge is 2.48. The van der Waals surface area contributed by atoms with Crippen molar-refractivity contribution in [1.29, 1.82) is 0 Å². The predicted octanol–water partition coefficient (Wildman–Crippen LogP) is 6.61. The Hall–Kier alpha value is -2.12. The lowest BCUT2D eigenvalue weighted by Crippen LogP contribution is -2.48. The number of carbonyl (C=O) groups excluding carboxylic acids is 4. The summed E-state index contributed by atoms with van der Waals surface area (Å²) < 4.78 is 21.4. The van der Waals surface area contributed by atoms with Gasteiger partial charge in [0.2, 0.25) is 5.60 Å². The fraction of sp³-hybridized carbons (Fsp3) is 0.862. The Kier molecular flexibility index (Phi) is 21.7. The van der Waals surface area contributed by atoms with Gasteiger partial charge in [0, 0.05) is 6.92 Å². The van der Waals surface area contributed by atoms with Crippen LogP contribution in [0.15, 0.2) is 0 Å². The molecule has 37 heavy (non-hydrogen) atoms. The Labute approximate surface area is 224 Å². The van der Waals surface area contributed by atoms with Crippen molar-refractivity contribution in [2.45, 2.75) is 142 Å². The highest BCUT2D eigenvalue weighted by atomic mass is 16.6. The van der Waals surface area contributed by atoms with Crippen molar-refractivity contribution in [3.8, 4) is 0 Å². The van der Waals surface area contributed by atoms with E-state index in [2.05, 4.69) is 20.8 Å². The van der Waals surface area contributed by atoms with Crippen molar-refractivity contribution in [2.24, 2.45) is 0 Å². The quantitative estimate of drug-likeness (QED) is 0.0783. The first-order valence-corrected chi connectivity index (χ1v) is 14.5. The molecule has 0 saturated carbocycles. The van der Waals surface area contributed by atoms with Gasteiger partial charge in [0.25, 0.3) is 0 Å². The third-order valence-electron chi connectivity index (χ3n) is 6.07. The fourth-order valence-electron chi connectivity index (χ4n) is 3.95. The van der Waals surface area contributed by atoms with Crippen LogP contribution in [0, 0.1) is 0 Å². The molecule has 0 fully saturated rings. The van der Waals surface area contributed by atoms with Crippen LogP contribution in [-0.2, 0) is 38.1 Å². The second kappa shape index (κ2) is 23.0. The molecule has 0 N–H and O–H groups in total. The summed E-state index contributed by atoms with van der Waals surface area (Å²) in [5.74, 6) is -3.15. The molecule has 0 heterocycles. The lowest BCUT2D eigenvalue weighted by molar-refractivity contribution is -0.190. The molecule has 0 radical (unpaired) electrons. The summed E-state index contributed by atoms with van der Waals surface area (Å²) in [4.78, 5) is 50.4. The van der Waals surface area contributed by atoms with E-state index >= 15 is 0 Å². The number of carbonyl (C=O) groups is 4. The lowest BCUT2D eigenvalue weighted by Gasteiger charge is -2.29. The molecule has 0 rings (SSSR count). The maximum Gasteiger partial charge on any atom is 0.351 e. The third kappa shape index (κ3) is 18.7. The molecule has 0 aromatic carbocycles. The molecule has 0 bridgehead atoms. The van der Waals surface area contributed by atoms with Gasteiger partial charge in [0.05, 0.1) is 32.7 Å². The van der Waals surface area contributed by atoms with E-state index in [9.17, 15) is 19.2 Å². The van der Waals surface area contributed by atoms with Gasteiger partial charge < -0.3 is 18.9 Å². The molecule has 0 aliphatic heterocycles. The monoisotopic (exact) mass is 528 g/mol. The van der Waals surface area contributed by atoms with Crippen LogP contribution in [0.3, 0.4) is 0 Å². The zero-order valence-electron chi connectivity index (χ0n) is 23.9. The molecular formula is C29H52O8. The van der Waals surface area contributed by atoms with Crippen molar-refractivity contribution in [1.82, 2.24) is 0 Å². The van der Waals surface area contributed by atoms with Gasteiger partial charge in [-0.05, 0) is 19.3 Å². The number of hydrogen-bond donors (Lipinski definition) is 0. The number of ether oxygens (including phenoxy) is 4. The van der Waals surface area contributed by atoms with E-state index < -0.39 is 42.3 Å². The lowest BCUT2D eigenvalue weighted by atomic mass is 9.95. The van der Waals surface area contributed by atoms with Gasteiger partial charge in [-0.25, -0.2) is 4.79 Å². The summed E-state index contributed by atoms with van der Waals surface area (Å²) in [7, 11) is 0. The van der Waals surface area contributed by atoms with Crippen molar-refractivity contribution < 1.29 is 38.1 Å². The van der Waals surface area contributed by atoms with Gasteiger partial charge >= 0.3 is 23.9 Å². The molecule has 0 aromatic rings. The average molecular weight is 529 g/mol. The first kappa shape index (κ1) is 34.9. The number of unbranched alkanes of at least 4 members (excludes halogenated alkanes) is 12. The van der Waals surface area contributed by atoms with E-state index in [1.54, 1.807) is 0 Å². The molecule has 8 heteroatoms. The molecular weight excluding hydrogens is 476 g/mol.